The Balaban J connectivity index is 3.31. The minimum Gasteiger partial charge on any atom is -0.507 e. The van der Waals surface area contributed by atoms with E-state index in [0.717, 1.165) is 5.56 Å². The summed E-state index contributed by atoms with van der Waals surface area (Å²) in [6.07, 6.45) is 0. The van der Waals surface area contributed by atoms with Gasteiger partial charge in [-0.3, -0.25) is 0 Å². The zero-order chi connectivity index (χ0) is 10.0. The molecule has 0 aromatic heterocycles. The van der Waals surface area contributed by atoms with Gasteiger partial charge >= 0.3 is 5.97 Å². The van der Waals surface area contributed by atoms with E-state index in [4.69, 9.17) is 5.11 Å². The summed E-state index contributed by atoms with van der Waals surface area (Å²) in [5.74, 6) is -1.26. The first-order valence-electron chi connectivity index (χ1n) is 3.68. The number of carbonyl (C=O) groups is 1. The highest BCUT2D eigenvalue weighted by atomic mass is 79.9. The number of hydrogen-bond acceptors (Lipinski definition) is 2. The van der Waals surface area contributed by atoms with Gasteiger partial charge in [-0.1, -0.05) is 22.0 Å². The predicted molar refractivity (Wildman–Crippen MR) is 52.4 cm³/mol. The van der Waals surface area contributed by atoms with Crippen LogP contribution in [0.5, 0.6) is 5.75 Å². The Kier molecular flexibility index (Phi) is 2.93. The van der Waals surface area contributed by atoms with Crippen LogP contribution < -0.4 is 0 Å². The van der Waals surface area contributed by atoms with Crippen LogP contribution in [-0.4, -0.2) is 16.2 Å². The van der Waals surface area contributed by atoms with Crippen LogP contribution in [0.3, 0.4) is 0 Å². The van der Waals surface area contributed by atoms with Gasteiger partial charge in [0.15, 0.2) is 0 Å². The van der Waals surface area contributed by atoms with Crippen molar-refractivity contribution in [1.29, 1.82) is 0 Å². The number of hydrogen-bond donors (Lipinski definition) is 2. The number of rotatable bonds is 2. The average molecular weight is 245 g/mol. The molecule has 0 unspecified atom stereocenters. The fourth-order valence-corrected chi connectivity index (χ4v) is 1.67. The molecule has 0 heterocycles. The molecule has 1 rings (SSSR count). The smallest absolute Gasteiger partial charge is 0.339 e. The Morgan fingerprint density at radius 1 is 1.54 bits per heavy atom. The molecule has 0 fully saturated rings. The summed E-state index contributed by atoms with van der Waals surface area (Å²) in [4.78, 5) is 10.6. The molecule has 1 aromatic rings. The van der Waals surface area contributed by atoms with Gasteiger partial charge in [-0.25, -0.2) is 4.79 Å². The number of alkyl halides is 1. The molecule has 1 aromatic carbocycles. The lowest BCUT2D eigenvalue weighted by atomic mass is 10.0. The normalized spacial score (nSPS) is 10.0. The van der Waals surface area contributed by atoms with E-state index in [1.54, 1.807) is 13.0 Å². The molecule has 4 heteroatoms. The molecule has 0 radical (unpaired) electrons. The molecule has 0 saturated carbocycles. The van der Waals surface area contributed by atoms with Crippen molar-refractivity contribution in [2.75, 3.05) is 0 Å². The van der Waals surface area contributed by atoms with Crippen molar-refractivity contribution >= 4 is 21.9 Å². The third-order valence-corrected chi connectivity index (χ3v) is 2.52. The van der Waals surface area contributed by atoms with E-state index in [-0.39, 0.29) is 11.3 Å². The van der Waals surface area contributed by atoms with Gasteiger partial charge in [0.1, 0.15) is 11.3 Å². The average Bonchev–Trinajstić information content (AvgIpc) is 2.09. The Morgan fingerprint density at radius 2 is 2.15 bits per heavy atom. The number of carboxylic acid groups (broad SMARTS) is 1. The summed E-state index contributed by atoms with van der Waals surface area (Å²) in [5.41, 5.74) is 1.45. The predicted octanol–water partition coefficient (Wildman–Crippen LogP) is 2.29. The lowest BCUT2D eigenvalue weighted by molar-refractivity contribution is 0.0693. The molecule has 0 saturated heterocycles. The number of carboxylic acids is 1. The second kappa shape index (κ2) is 3.79. The van der Waals surface area contributed by atoms with Gasteiger partial charge in [-0.2, -0.15) is 0 Å². The molecule has 0 atom stereocenters. The monoisotopic (exact) mass is 244 g/mol. The van der Waals surface area contributed by atoms with E-state index in [1.807, 2.05) is 0 Å². The molecule has 0 aliphatic rings. The van der Waals surface area contributed by atoms with E-state index in [2.05, 4.69) is 15.9 Å². The van der Waals surface area contributed by atoms with E-state index in [0.29, 0.717) is 10.9 Å². The van der Waals surface area contributed by atoms with E-state index in [9.17, 15) is 9.90 Å². The molecular weight excluding hydrogens is 236 g/mol. The highest BCUT2D eigenvalue weighted by molar-refractivity contribution is 9.08. The molecule has 0 aliphatic carbocycles. The Morgan fingerprint density at radius 3 is 2.62 bits per heavy atom. The lowest BCUT2D eigenvalue weighted by Gasteiger charge is -2.06. The van der Waals surface area contributed by atoms with Crippen molar-refractivity contribution in [3.8, 4) is 5.75 Å². The number of aromatic carboxylic acids is 1. The lowest BCUT2D eigenvalue weighted by Crippen LogP contribution is -1.99. The van der Waals surface area contributed by atoms with Crippen LogP contribution in [0.4, 0.5) is 0 Å². The summed E-state index contributed by atoms with van der Waals surface area (Å²) >= 11 is 3.25. The number of halogens is 1. The quantitative estimate of drug-likeness (QED) is 0.786. The molecule has 0 aliphatic heterocycles. The largest absolute Gasteiger partial charge is 0.507 e. The number of aromatic hydroxyl groups is 1. The fraction of sp³-hybridized carbons (Fsp3) is 0.222. The summed E-state index contributed by atoms with van der Waals surface area (Å²) in [5, 5.41) is 18.8. The fourth-order valence-electron chi connectivity index (χ4n) is 1.06. The van der Waals surface area contributed by atoms with Crippen LogP contribution in [0.1, 0.15) is 21.5 Å². The minimum absolute atomic E-state index is 0.0535. The van der Waals surface area contributed by atoms with Crippen LogP contribution in [0.2, 0.25) is 0 Å². The van der Waals surface area contributed by atoms with E-state index in [1.165, 1.54) is 6.07 Å². The first-order chi connectivity index (χ1) is 6.07. The molecule has 0 bridgehead atoms. The molecule has 2 N–H and O–H groups in total. The zero-order valence-corrected chi connectivity index (χ0v) is 8.63. The molecule has 70 valence electrons. The van der Waals surface area contributed by atoms with Gasteiger partial charge in [0.05, 0.1) is 0 Å². The van der Waals surface area contributed by atoms with Gasteiger partial charge in [0, 0.05) is 5.33 Å². The van der Waals surface area contributed by atoms with Crippen LogP contribution in [0.25, 0.3) is 0 Å². The standard InChI is InChI=1S/C9H9BrO3/c1-5-6(4-10)2-3-7(8(5)11)9(12)13/h2-3,11H,4H2,1H3,(H,12,13). The van der Waals surface area contributed by atoms with Crippen molar-refractivity contribution in [2.24, 2.45) is 0 Å². The second-order valence-electron chi connectivity index (χ2n) is 2.68. The summed E-state index contributed by atoms with van der Waals surface area (Å²) < 4.78 is 0. The third kappa shape index (κ3) is 1.83. The van der Waals surface area contributed by atoms with E-state index < -0.39 is 5.97 Å². The topological polar surface area (TPSA) is 57.5 Å². The van der Waals surface area contributed by atoms with Crippen molar-refractivity contribution in [1.82, 2.24) is 0 Å². The molecular formula is C9H9BrO3. The van der Waals surface area contributed by atoms with Crippen molar-refractivity contribution in [3.63, 3.8) is 0 Å². The first kappa shape index (κ1) is 10.1. The van der Waals surface area contributed by atoms with Crippen molar-refractivity contribution in [2.45, 2.75) is 12.3 Å². The molecule has 13 heavy (non-hydrogen) atoms. The van der Waals surface area contributed by atoms with Crippen LogP contribution >= 0.6 is 15.9 Å². The molecule has 3 nitrogen and oxygen atoms in total. The maximum Gasteiger partial charge on any atom is 0.339 e. The molecule has 0 spiro atoms. The zero-order valence-electron chi connectivity index (χ0n) is 7.04. The van der Waals surface area contributed by atoms with Crippen molar-refractivity contribution in [3.05, 3.63) is 28.8 Å². The third-order valence-electron chi connectivity index (χ3n) is 1.92. The first-order valence-corrected chi connectivity index (χ1v) is 4.80. The SMILES string of the molecule is Cc1c(CBr)ccc(C(=O)O)c1O. The van der Waals surface area contributed by atoms with Crippen molar-refractivity contribution < 1.29 is 15.0 Å². The minimum atomic E-state index is -1.11. The maximum absolute atomic E-state index is 10.6. The van der Waals surface area contributed by atoms with Crippen LogP contribution in [0, 0.1) is 6.92 Å². The Labute approximate surface area is 84.1 Å². The number of benzene rings is 1. The number of phenols is 1. The van der Waals surface area contributed by atoms with Gasteiger partial charge in [0.25, 0.3) is 0 Å². The highest BCUT2D eigenvalue weighted by Gasteiger charge is 2.13. The second-order valence-corrected chi connectivity index (χ2v) is 3.25. The van der Waals surface area contributed by atoms with Gasteiger partial charge < -0.3 is 10.2 Å². The molecule has 0 amide bonds. The Bertz CT molecular complexity index is 347. The Hall–Kier alpha value is -1.03. The van der Waals surface area contributed by atoms with Crippen LogP contribution in [0.15, 0.2) is 12.1 Å². The van der Waals surface area contributed by atoms with E-state index >= 15 is 0 Å². The van der Waals surface area contributed by atoms with Gasteiger partial charge in [0.2, 0.25) is 0 Å². The maximum atomic E-state index is 10.6. The van der Waals surface area contributed by atoms with Gasteiger partial charge in [-0.15, -0.1) is 0 Å². The van der Waals surface area contributed by atoms with Gasteiger partial charge in [-0.05, 0) is 24.1 Å². The van der Waals surface area contributed by atoms with Crippen LogP contribution in [-0.2, 0) is 5.33 Å². The summed E-state index contributed by atoms with van der Waals surface area (Å²) in [6, 6.07) is 3.09. The summed E-state index contributed by atoms with van der Waals surface area (Å²) in [6.45, 7) is 1.69. The summed E-state index contributed by atoms with van der Waals surface area (Å²) in [7, 11) is 0. The highest BCUT2D eigenvalue weighted by Crippen LogP contribution is 2.26.